The molecule has 0 aliphatic heterocycles. The Labute approximate surface area is 82.1 Å². The van der Waals surface area contributed by atoms with Gasteiger partial charge < -0.3 is 0 Å². The molecule has 0 saturated heterocycles. The van der Waals surface area contributed by atoms with Crippen LogP contribution in [0.3, 0.4) is 0 Å². The number of pyridine rings is 1. The minimum Gasteiger partial charge on any atom is -0.224 e. The minimum atomic E-state index is -2.66. The van der Waals surface area contributed by atoms with E-state index >= 15 is 0 Å². The van der Waals surface area contributed by atoms with Gasteiger partial charge in [0.15, 0.2) is 0 Å². The van der Waals surface area contributed by atoms with Crippen molar-refractivity contribution in [3.8, 4) is 0 Å². The van der Waals surface area contributed by atoms with E-state index < -0.39 is 12.4 Å². The quantitative estimate of drug-likeness (QED) is 0.582. The summed E-state index contributed by atoms with van der Waals surface area (Å²) < 4.78 is 37.6. The Morgan fingerprint density at radius 3 is 2.62 bits per heavy atom. The largest absolute Gasteiger partial charge is 0.264 e. The van der Waals surface area contributed by atoms with Gasteiger partial charge in [-0.15, -0.1) is 0 Å². The summed E-state index contributed by atoms with van der Waals surface area (Å²) in [6.07, 6.45) is -2.66. The van der Waals surface area contributed by atoms with Crippen LogP contribution in [-0.2, 0) is 5.33 Å². The number of halogens is 4. The summed E-state index contributed by atoms with van der Waals surface area (Å²) in [5.41, 5.74) is -0.0972. The highest BCUT2D eigenvalue weighted by molar-refractivity contribution is 9.08. The Balaban J connectivity index is 3.25. The molecule has 0 radical (unpaired) electrons. The highest BCUT2D eigenvalue weighted by Gasteiger charge is 2.15. The van der Waals surface area contributed by atoms with Crippen molar-refractivity contribution in [1.82, 2.24) is 4.98 Å². The summed E-state index contributed by atoms with van der Waals surface area (Å²) in [5, 5.41) is 0.268. The van der Waals surface area contributed by atoms with Crippen LogP contribution in [0.2, 0.25) is 0 Å². The molecule has 1 rings (SSSR count). The molecule has 1 nitrogen and oxygen atoms in total. The van der Waals surface area contributed by atoms with Crippen LogP contribution in [0.25, 0.3) is 0 Å². The number of hydrogen-bond acceptors (Lipinski definition) is 1. The second-order valence-corrected chi connectivity index (χ2v) is 3.11. The summed E-state index contributed by atoms with van der Waals surface area (Å²) in [4.78, 5) is 3.49. The van der Waals surface area contributed by atoms with E-state index in [9.17, 15) is 13.2 Å². The SMILES string of the molecule is Cc1c(C(F)F)cc(CBr)nc1F. The molecule has 0 unspecified atom stereocenters. The van der Waals surface area contributed by atoms with Gasteiger partial charge in [0.25, 0.3) is 6.43 Å². The highest BCUT2D eigenvalue weighted by atomic mass is 79.9. The molecule has 5 heteroatoms. The van der Waals surface area contributed by atoms with Crippen molar-refractivity contribution in [2.75, 3.05) is 0 Å². The topological polar surface area (TPSA) is 12.9 Å². The molecule has 72 valence electrons. The fraction of sp³-hybridized carbons (Fsp3) is 0.375. The van der Waals surface area contributed by atoms with Crippen molar-refractivity contribution >= 4 is 15.9 Å². The van der Waals surface area contributed by atoms with Gasteiger partial charge in [0, 0.05) is 16.5 Å². The molecular weight excluding hydrogens is 247 g/mol. The average Bonchev–Trinajstić information content (AvgIpc) is 2.09. The Morgan fingerprint density at radius 2 is 2.15 bits per heavy atom. The lowest BCUT2D eigenvalue weighted by atomic mass is 10.1. The van der Waals surface area contributed by atoms with Crippen molar-refractivity contribution in [2.45, 2.75) is 18.7 Å². The first-order chi connectivity index (χ1) is 6.06. The van der Waals surface area contributed by atoms with Gasteiger partial charge in [0.1, 0.15) is 0 Å². The van der Waals surface area contributed by atoms with Crippen LogP contribution in [0.4, 0.5) is 13.2 Å². The normalized spacial score (nSPS) is 10.9. The molecule has 1 aromatic rings. The first-order valence-electron chi connectivity index (χ1n) is 3.56. The van der Waals surface area contributed by atoms with Gasteiger partial charge in [-0.3, -0.25) is 0 Å². The van der Waals surface area contributed by atoms with Gasteiger partial charge in [-0.2, -0.15) is 4.39 Å². The molecule has 0 aliphatic rings. The van der Waals surface area contributed by atoms with Gasteiger partial charge in [-0.25, -0.2) is 13.8 Å². The molecule has 0 saturated carbocycles. The van der Waals surface area contributed by atoms with Crippen molar-refractivity contribution in [3.05, 3.63) is 28.8 Å². The summed E-state index contributed by atoms with van der Waals surface area (Å²) >= 11 is 3.03. The van der Waals surface area contributed by atoms with E-state index in [-0.39, 0.29) is 22.2 Å². The Morgan fingerprint density at radius 1 is 1.54 bits per heavy atom. The molecule has 0 atom stereocenters. The molecule has 0 fully saturated rings. The molecule has 0 bridgehead atoms. The van der Waals surface area contributed by atoms with Crippen molar-refractivity contribution in [2.24, 2.45) is 0 Å². The Kier molecular flexibility index (Phi) is 3.30. The van der Waals surface area contributed by atoms with E-state index in [0.29, 0.717) is 0 Å². The smallest absolute Gasteiger partial charge is 0.224 e. The van der Waals surface area contributed by atoms with Crippen molar-refractivity contribution in [3.63, 3.8) is 0 Å². The van der Waals surface area contributed by atoms with E-state index in [0.717, 1.165) is 0 Å². The monoisotopic (exact) mass is 253 g/mol. The summed E-state index contributed by atoms with van der Waals surface area (Å²) in [7, 11) is 0. The predicted molar refractivity (Wildman–Crippen MR) is 46.5 cm³/mol. The molecule has 0 aromatic carbocycles. The van der Waals surface area contributed by atoms with Gasteiger partial charge in [-0.1, -0.05) is 15.9 Å². The van der Waals surface area contributed by atoms with Crippen LogP contribution in [0.15, 0.2) is 6.07 Å². The Bertz CT molecular complexity index is 315. The molecule has 1 heterocycles. The lowest BCUT2D eigenvalue weighted by molar-refractivity contribution is 0.149. The first-order valence-corrected chi connectivity index (χ1v) is 4.68. The zero-order valence-corrected chi connectivity index (χ0v) is 8.41. The number of alkyl halides is 3. The maximum Gasteiger partial charge on any atom is 0.264 e. The van der Waals surface area contributed by atoms with Crippen LogP contribution in [0, 0.1) is 12.9 Å². The lowest BCUT2D eigenvalue weighted by Crippen LogP contribution is -2.00. The number of rotatable bonds is 2. The van der Waals surface area contributed by atoms with Crippen LogP contribution in [0.1, 0.15) is 23.2 Å². The number of nitrogens with zero attached hydrogens (tertiary/aromatic N) is 1. The minimum absolute atomic E-state index is 0.0836. The predicted octanol–water partition coefficient (Wildman–Crippen LogP) is 3.36. The fourth-order valence-electron chi connectivity index (χ4n) is 0.944. The maximum absolute atomic E-state index is 12.9. The fourth-order valence-corrected chi connectivity index (χ4v) is 1.23. The van der Waals surface area contributed by atoms with E-state index in [2.05, 4.69) is 20.9 Å². The summed E-state index contributed by atoms with van der Waals surface area (Å²) in [5.74, 6) is -0.827. The second kappa shape index (κ2) is 4.09. The van der Waals surface area contributed by atoms with Crippen LogP contribution in [-0.4, -0.2) is 4.98 Å². The molecule has 0 amide bonds. The zero-order valence-electron chi connectivity index (χ0n) is 6.82. The third-order valence-electron chi connectivity index (χ3n) is 1.68. The molecule has 0 N–H and O–H groups in total. The summed E-state index contributed by atoms with van der Waals surface area (Å²) in [6, 6.07) is 1.21. The van der Waals surface area contributed by atoms with E-state index in [4.69, 9.17) is 0 Å². The van der Waals surface area contributed by atoms with Gasteiger partial charge >= 0.3 is 0 Å². The molecule has 0 spiro atoms. The van der Waals surface area contributed by atoms with Crippen LogP contribution >= 0.6 is 15.9 Å². The maximum atomic E-state index is 12.9. The molecule has 1 aromatic heterocycles. The number of aromatic nitrogens is 1. The van der Waals surface area contributed by atoms with Gasteiger partial charge in [0.05, 0.1) is 5.69 Å². The van der Waals surface area contributed by atoms with Crippen molar-refractivity contribution in [1.29, 1.82) is 0 Å². The van der Waals surface area contributed by atoms with E-state index in [1.807, 2.05) is 0 Å². The standard InChI is InChI=1S/C8H7BrF3N/c1-4-6(7(10)11)2-5(3-9)13-8(4)12/h2,7H,3H2,1H3. The zero-order chi connectivity index (χ0) is 10.0. The van der Waals surface area contributed by atoms with Crippen LogP contribution in [0.5, 0.6) is 0 Å². The third-order valence-corrected chi connectivity index (χ3v) is 2.25. The molecular formula is C8H7BrF3N. The first kappa shape index (κ1) is 10.5. The van der Waals surface area contributed by atoms with Crippen molar-refractivity contribution < 1.29 is 13.2 Å². The Hall–Kier alpha value is -0.580. The lowest BCUT2D eigenvalue weighted by Gasteiger charge is -2.06. The van der Waals surface area contributed by atoms with E-state index in [1.165, 1.54) is 13.0 Å². The second-order valence-electron chi connectivity index (χ2n) is 2.55. The molecule has 0 aliphatic carbocycles. The van der Waals surface area contributed by atoms with E-state index in [1.54, 1.807) is 0 Å². The summed E-state index contributed by atoms with van der Waals surface area (Å²) in [6.45, 7) is 1.29. The van der Waals surface area contributed by atoms with Gasteiger partial charge in [-0.05, 0) is 13.0 Å². The highest BCUT2D eigenvalue weighted by Crippen LogP contribution is 2.24. The number of hydrogen-bond donors (Lipinski definition) is 0. The van der Waals surface area contributed by atoms with Crippen LogP contribution < -0.4 is 0 Å². The third kappa shape index (κ3) is 2.21. The molecule has 13 heavy (non-hydrogen) atoms. The van der Waals surface area contributed by atoms with Gasteiger partial charge in [0.2, 0.25) is 5.95 Å². The average molecular weight is 254 g/mol.